The summed E-state index contributed by atoms with van der Waals surface area (Å²) in [4.78, 5) is 11.8. The number of nitrogens with zero attached hydrogens (tertiary/aromatic N) is 1. The normalized spacial score (nSPS) is 11.6. The fourth-order valence-electron chi connectivity index (χ4n) is 2.21. The number of ether oxygens (including phenoxy) is 1. The lowest BCUT2D eigenvalue weighted by Crippen LogP contribution is -2.24. The Bertz CT molecular complexity index is 780. The number of carbonyl (C=O) groups is 1. The second kappa shape index (κ2) is 8.17. The lowest BCUT2D eigenvalue weighted by molar-refractivity contribution is -0.123. The zero-order valence-electron chi connectivity index (χ0n) is 15.0. The van der Waals surface area contributed by atoms with Crippen molar-refractivity contribution in [2.75, 3.05) is 6.61 Å². The van der Waals surface area contributed by atoms with E-state index in [1.165, 1.54) is 11.8 Å². The van der Waals surface area contributed by atoms with Gasteiger partial charge in [0.25, 0.3) is 5.91 Å². The molecule has 0 spiro atoms. The summed E-state index contributed by atoms with van der Waals surface area (Å²) in [6, 6.07) is 13.3. The zero-order valence-corrected chi connectivity index (χ0v) is 15.7. The largest absolute Gasteiger partial charge is 0.483 e. The first-order valence-electron chi connectivity index (χ1n) is 8.08. The highest BCUT2D eigenvalue weighted by atomic mass is 35.5. The molecule has 0 atom stereocenters. The fraction of sp³-hybridized carbons (Fsp3) is 0.300. The molecule has 0 unspecified atom stereocenters. The molecule has 1 N–H and O–H groups in total. The number of hydrogen-bond donors (Lipinski definition) is 1. The maximum atomic E-state index is 11.8. The van der Waals surface area contributed by atoms with Crippen molar-refractivity contribution in [1.29, 1.82) is 0 Å². The van der Waals surface area contributed by atoms with Crippen LogP contribution in [-0.2, 0) is 10.2 Å². The van der Waals surface area contributed by atoms with Gasteiger partial charge in [-0.1, -0.05) is 62.7 Å². The summed E-state index contributed by atoms with van der Waals surface area (Å²) >= 11 is 6.01. The van der Waals surface area contributed by atoms with E-state index in [9.17, 15) is 4.79 Å². The zero-order chi connectivity index (χ0) is 18.4. The van der Waals surface area contributed by atoms with Gasteiger partial charge < -0.3 is 4.74 Å². The Morgan fingerprint density at radius 3 is 2.60 bits per heavy atom. The number of carbonyl (C=O) groups excluding carboxylic acids is 1. The SMILES string of the molecule is Cc1cc(C(C)(C)C)ccc1OCC(=O)N/N=C\c1ccccc1Cl. The van der Waals surface area contributed by atoms with Crippen molar-refractivity contribution < 1.29 is 9.53 Å². The average Bonchev–Trinajstić information content (AvgIpc) is 2.54. The molecule has 1 amide bonds. The number of hydrazone groups is 1. The molecule has 0 saturated carbocycles. The highest BCUT2D eigenvalue weighted by molar-refractivity contribution is 6.33. The summed E-state index contributed by atoms with van der Waals surface area (Å²) in [7, 11) is 0. The molecule has 4 nitrogen and oxygen atoms in total. The van der Waals surface area contributed by atoms with Crippen molar-refractivity contribution in [2.24, 2.45) is 5.10 Å². The van der Waals surface area contributed by atoms with Gasteiger partial charge in [0.15, 0.2) is 6.61 Å². The predicted molar refractivity (Wildman–Crippen MR) is 103 cm³/mol. The molecule has 2 rings (SSSR count). The Hall–Kier alpha value is -2.33. The number of amides is 1. The first kappa shape index (κ1) is 19.0. The summed E-state index contributed by atoms with van der Waals surface area (Å²) < 4.78 is 5.58. The molecule has 0 aromatic heterocycles. The lowest BCUT2D eigenvalue weighted by atomic mass is 9.86. The first-order chi connectivity index (χ1) is 11.8. The summed E-state index contributed by atoms with van der Waals surface area (Å²) in [6.07, 6.45) is 1.50. The van der Waals surface area contributed by atoms with E-state index >= 15 is 0 Å². The van der Waals surface area contributed by atoms with Gasteiger partial charge in [-0.05, 0) is 35.6 Å². The third-order valence-corrected chi connectivity index (χ3v) is 4.04. The van der Waals surface area contributed by atoms with Crippen LogP contribution in [0.15, 0.2) is 47.6 Å². The molecule has 0 fully saturated rings. The summed E-state index contributed by atoms with van der Waals surface area (Å²) in [5.74, 6) is 0.362. The summed E-state index contributed by atoms with van der Waals surface area (Å²) in [5, 5.41) is 4.47. The van der Waals surface area contributed by atoms with Crippen LogP contribution in [0, 0.1) is 6.92 Å². The van der Waals surface area contributed by atoms with E-state index in [0.717, 1.165) is 11.1 Å². The topological polar surface area (TPSA) is 50.7 Å². The Kier molecular flexibility index (Phi) is 6.21. The van der Waals surface area contributed by atoms with E-state index in [2.05, 4.69) is 37.4 Å². The molecule has 0 heterocycles. The molecule has 0 aliphatic carbocycles. The van der Waals surface area contributed by atoms with Crippen molar-refractivity contribution >= 4 is 23.7 Å². The summed E-state index contributed by atoms with van der Waals surface area (Å²) in [6.45, 7) is 8.35. The predicted octanol–water partition coefficient (Wildman–Crippen LogP) is 4.48. The van der Waals surface area contributed by atoms with Crippen molar-refractivity contribution in [3.05, 3.63) is 64.2 Å². The highest BCUT2D eigenvalue weighted by Gasteiger charge is 2.15. The first-order valence-corrected chi connectivity index (χ1v) is 8.45. The molecule has 2 aromatic carbocycles. The number of rotatable bonds is 5. The number of benzene rings is 2. The molecule has 0 bridgehead atoms. The molecular formula is C20H23ClN2O2. The molecular weight excluding hydrogens is 336 g/mol. The van der Waals surface area contributed by atoms with Crippen molar-refractivity contribution in [1.82, 2.24) is 5.43 Å². The van der Waals surface area contributed by atoms with E-state index in [0.29, 0.717) is 10.8 Å². The van der Waals surface area contributed by atoms with Crippen LogP contribution in [0.25, 0.3) is 0 Å². The van der Waals surface area contributed by atoms with Crippen LogP contribution in [-0.4, -0.2) is 18.7 Å². The quantitative estimate of drug-likeness (QED) is 0.633. The smallest absolute Gasteiger partial charge is 0.277 e. The molecule has 132 valence electrons. The molecule has 0 aliphatic rings. The van der Waals surface area contributed by atoms with E-state index in [1.807, 2.05) is 37.3 Å². The minimum absolute atomic E-state index is 0.0775. The van der Waals surface area contributed by atoms with Crippen LogP contribution in [0.5, 0.6) is 5.75 Å². The molecule has 5 heteroatoms. The second-order valence-electron chi connectivity index (χ2n) is 6.83. The van der Waals surface area contributed by atoms with Crippen LogP contribution in [0.4, 0.5) is 0 Å². The Morgan fingerprint density at radius 2 is 1.96 bits per heavy atom. The second-order valence-corrected chi connectivity index (χ2v) is 7.24. The number of halogens is 1. The van der Waals surface area contributed by atoms with Gasteiger partial charge in [0.2, 0.25) is 0 Å². The number of hydrogen-bond acceptors (Lipinski definition) is 3. The summed E-state index contributed by atoms with van der Waals surface area (Å²) in [5.41, 5.74) is 5.47. The Balaban J connectivity index is 1.89. The average molecular weight is 359 g/mol. The molecule has 0 radical (unpaired) electrons. The van der Waals surface area contributed by atoms with Crippen LogP contribution in [0.1, 0.15) is 37.5 Å². The highest BCUT2D eigenvalue weighted by Crippen LogP contribution is 2.27. The van der Waals surface area contributed by atoms with E-state index < -0.39 is 0 Å². The number of aryl methyl sites for hydroxylation is 1. The maximum absolute atomic E-state index is 11.8. The minimum Gasteiger partial charge on any atom is -0.483 e. The maximum Gasteiger partial charge on any atom is 0.277 e. The van der Waals surface area contributed by atoms with Crippen LogP contribution in [0.2, 0.25) is 5.02 Å². The molecule has 0 saturated heterocycles. The van der Waals surface area contributed by atoms with Crippen molar-refractivity contribution in [2.45, 2.75) is 33.1 Å². The van der Waals surface area contributed by atoms with Crippen LogP contribution in [0.3, 0.4) is 0 Å². The lowest BCUT2D eigenvalue weighted by Gasteiger charge is -2.20. The van der Waals surface area contributed by atoms with E-state index in [4.69, 9.17) is 16.3 Å². The standard InChI is InChI=1S/C20H23ClN2O2/c1-14-11-16(20(2,3)4)9-10-18(14)25-13-19(24)23-22-12-15-7-5-6-8-17(15)21/h5-12H,13H2,1-4H3,(H,23,24)/b22-12-. The Labute approximate surface area is 153 Å². The van der Waals surface area contributed by atoms with Crippen molar-refractivity contribution in [3.8, 4) is 5.75 Å². The van der Waals surface area contributed by atoms with E-state index in [1.54, 1.807) is 6.07 Å². The van der Waals surface area contributed by atoms with Crippen LogP contribution >= 0.6 is 11.6 Å². The third kappa shape index (κ3) is 5.61. The van der Waals surface area contributed by atoms with Gasteiger partial charge in [-0.25, -0.2) is 5.43 Å². The number of nitrogens with one attached hydrogen (secondary N) is 1. The van der Waals surface area contributed by atoms with E-state index in [-0.39, 0.29) is 17.9 Å². The minimum atomic E-state index is -0.331. The van der Waals surface area contributed by atoms with Gasteiger partial charge in [0.05, 0.1) is 6.21 Å². The molecule has 0 aliphatic heterocycles. The Morgan fingerprint density at radius 1 is 1.24 bits per heavy atom. The van der Waals surface area contributed by atoms with Gasteiger partial charge in [0.1, 0.15) is 5.75 Å². The third-order valence-electron chi connectivity index (χ3n) is 3.70. The fourth-order valence-corrected chi connectivity index (χ4v) is 2.39. The van der Waals surface area contributed by atoms with Gasteiger partial charge >= 0.3 is 0 Å². The molecule has 25 heavy (non-hydrogen) atoms. The van der Waals surface area contributed by atoms with Gasteiger partial charge in [-0.15, -0.1) is 0 Å². The van der Waals surface area contributed by atoms with Gasteiger partial charge in [-0.3, -0.25) is 4.79 Å². The van der Waals surface area contributed by atoms with Crippen LogP contribution < -0.4 is 10.2 Å². The van der Waals surface area contributed by atoms with Gasteiger partial charge in [-0.2, -0.15) is 5.10 Å². The van der Waals surface area contributed by atoms with Gasteiger partial charge in [0, 0.05) is 10.6 Å². The molecule has 2 aromatic rings. The van der Waals surface area contributed by atoms with Crippen molar-refractivity contribution in [3.63, 3.8) is 0 Å². The monoisotopic (exact) mass is 358 g/mol.